The number of aromatic nitrogens is 5. The summed E-state index contributed by atoms with van der Waals surface area (Å²) < 4.78 is 1.07. The Morgan fingerprint density at radius 3 is 2.81 bits per heavy atom. The van der Waals surface area contributed by atoms with Crippen molar-refractivity contribution in [2.75, 3.05) is 24.3 Å². The number of nitrogens with one attached hydrogen (secondary N) is 1. The molecule has 2 aromatic heterocycles. The number of nitrogens with two attached hydrogens (primary N) is 1. The van der Waals surface area contributed by atoms with Crippen LogP contribution in [0.4, 0.5) is 5.82 Å². The largest absolute Gasteiger partial charge is 0.480 e. The number of β-lactam (4-membered cyclic amide) rings is 1. The molecule has 2 aliphatic heterocycles. The lowest BCUT2D eigenvalue weighted by Crippen LogP contribution is -2.71. The van der Waals surface area contributed by atoms with Crippen molar-refractivity contribution in [3.8, 4) is 0 Å². The van der Waals surface area contributed by atoms with Crippen LogP contribution in [0.25, 0.3) is 0 Å². The van der Waals surface area contributed by atoms with Crippen LogP contribution in [0.3, 0.4) is 0 Å². The molecular weight excluding hydrogens is 530 g/mol. The second kappa shape index (κ2) is 10.8. The number of carboxylic acid groups (broad SMARTS) is 2. The Morgan fingerprint density at radius 2 is 2.14 bits per heavy atom. The maximum atomic E-state index is 13.0. The van der Waals surface area contributed by atoms with Gasteiger partial charge in [-0.2, -0.15) is 0 Å². The highest BCUT2D eigenvalue weighted by Crippen LogP contribution is 2.41. The molecule has 0 radical (unpaired) electrons. The Morgan fingerprint density at radius 1 is 1.35 bits per heavy atom. The van der Waals surface area contributed by atoms with Gasteiger partial charge < -0.3 is 26.1 Å². The summed E-state index contributed by atoms with van der Waals surface area (Å²) in [6.07, 6.45) is 0. The summed E-state index contributed by atoms with van der Waals surface area (Å²) in [6.45, 7) is -0.456. The number of pyridine rings is 1. The average Bonchev–Trinajstić information content (AvgIpc) is 3.29. The first-order valence-electron chi connectivity index (χ1n) is 10.4. The molecule has 0 bridgehead atoms. The molecule has 0 saturated carbocycles. The van der Waals surface area contributed by atoms with Crippen LogP contribution < -0.4 is 11.1 Å². The molecule has 16 nitrogen and oxygen atoms in total. The zero-order valence-electron chi connectivity index (χ0n) is 19.0. The van der Waals surface area contributed by atoms with Gasteiger partial charge in [0.05, 0.1) is 0 Å². The average molecular weight is 550 g/mol. The first-order valence-corrected chi connectivity index (χ1v) is 12.4. The maximum absolute atomic E-state index is 13.0. The van der Waals surface area contributed by atoms with Crippen LogP contribution in [0, 0.1) is 0 Å². The number of carboxylic acids is 2. The molecular formula is C19H19N9O7S2. The van der Waals surface area contributed by atoms with Gasteiger partial charge in [-0.25, -0.2) is 14.5 Å². The number of oxime groups is 1. The van der Waals surface area contributed by atoms with Gasteiger partial charge in [0.15, 0.2) is 5.71 Å². The molecule has 194 valence electrons. The summed E-state index contributed by atoms with van der Waals surface area (Å²) >= 11 is 2.31. The number of thioether (sulfide) groups is 2. The topological polar surface area (TPSA) is 228 Å². The van der Waals surface area contributed by atoms with E-state index in [4.69, 9.17) is 15.7 Å². The van der Waals surface area contributed by atoms with Crippen LogP contribution in [-0.4, -0.2) is 99.8 Å². The van der Waals surface area contributed by atoms with Crippen LogP contribution in [-0.2, 0) is 30.6 Å². The molecule has 4 rings (SSSR count). The molecule has 0 aliphatic carbocycles. The van der Waals surface area contributed by atoms with Crippen molar-refractivity contribution in [1.82, 2.24) is 35.4 Å². The minimum Gasteiger partial charge on any atom is -0.480 e. The van der Waals surface area contributed by atoms with Crippen LogP contribution in [0.1, 0.15) is 5.69 Å². The quantitative estimate of drug-likeness (QED) is 0.116. The number of carbonyl (C=O) groups is 4. The van der Waals surface area contributed by atoms with Gasteiger partial charge in [-0.3, -0.25) is 19.3 Å². The molecule has 37 heavy (non-hydrogen) atoms. The third-order valence-electron chi connectivity index (χ3n) is 5.11. The van der Waals surface area contributed by atoms with Gasteiger partial charge in [0.25, 0.3) is 11.8 Å². The first kappa shape index (κ1) is 25.9. The van der Waals surface area contributed by atoms with Crippen molar-refractivity contribution in [3.63, 3.8) is 0 Å². The second-order valence-electron chi connectivity index (χ2n) is 7.49. The molecule has 18 heteroatoms. The zero-order chi connectivity index (χ0) is 26.7. The van der Waals surface area contributed by atoms with Crippen molar-refractivity contribution in [1.29, 1.82) is 0 Å². The van der Waals surface area contributed by atoms with Crippen molar-refractivity contribution in [3.05, 3.63) is 35.2 Å². The number of nitrogens with zero attached hydrogens (tertiary/aromatic N) is 7. The second-order valence-corrected chi connectivity index (χ2v) is 9.54. The number of anilines is 1. The van der Waals surface area contributed by atoms with Gasteiger partial charge in [-0.1, -0.05) is 23.0 Å². The Labute approximate surface area is 216 Å². The molecule has 1 fully saturated rings. The number of nitrogen functional groups attached to an aromatic ring is 1. The molecule has 2 aliphatic rings. The first-order chi connectivity index (χ1) is 17.7. The van der Waals surface area contributed by atoms with Crippen LogP contribution in [0.5, 0.6) is 0 Å². The SMILES string of the molecule is CON=C(C(=O)NC1C(=O)N2C(C(=O)O)=C(CSc3nnnn3CC(=O)O)CS[C@H]12)c1cccc(N)n1. The van der Waals surface area contributed by atoms with Gasteiger partial charge >= 0.3 is 11.9 Å². The Bertz CT molecular complexity index is 1330. The van der Waals surface area contributed by atoms with Gasteiger partial charge in [0.2, 0.25) is 5.16 Å². The van der Waals surface area contributed by atoms with E-state index in [1.807, 2.05) is 0 Å². The lowest BCUT2D eigenvalue weighted by molar-refractivity contribution is -0.150. The van der Waals surface area contributed by atoms with Crippen molar-refractivity contribution < 1.29 is 34.2 Å². The number of tetrazole rings is 1. The molecule has 0 spiro atoms. The van der Waals surface area contributed by atoms with Crippen molar-refractivity contribution in [2.24, 2.45) is 5.16 Å². The van der Waals surface area contributed by atoms with Gasteiger partial charge in [-0.15, -0.1) is 16.9 Å². The minimum atomic E-state index is -1.31. The van der Waals surface area contributed by atoms with Crippen LogP contribution >= 0.6 is 23.5 Å². The molecule has 5 N–H and O–H groups in total. The van der Waals surface area contributed by atoms with E-state index in [-0.39, 0.29) is 39.6 Å². The molecule has 2 amide bonds. The lowest BCUT2D eigenvalue weighted by atomic mass is 10.0. The lowest BCUT2D eigenvalue weighted by Gasteiger charge is -2.49. The van der Waals surface area contributed by atoms with E-state index < -0.39 is 41.7 Å². The highest BCUT2D eigenvalue weighted by Gasteiger charge is 2.54. The number of hydrogen-bond acceptors (Lipinski definition) is 13. The summed E-state index contributed by atoms with van der Waals surface area (Å²) in [6, 6.07) is 3.60. The third-order valence-corrected chi connectivity index (χ3v) is 7.49. The molecule has 4 heterocycles. The smallest absolute Gasteiger partial charge is 0.352 e. The molecule has 2 aromatic rings. The summed E-state index contributed by atoms with van der Waals surface area (Å²) in [5, 5.41) is 35.4. The van der Waals surface area contributed by atoms with E-state index in [0.717, 1.165) is 21.3 Å². The molecule has 0 aromatic carbocycles. The standard InChI is InChI=1S/C19H19N9O7S2/c1-35-24-12(9-3-2-4-10(20)21-9)15(31)22-13-16(32)28-14(18(33)34)8(6-36-17(13)28)7-37-19-23-25-26-27(19)5-11(29)30/h2-4,13,17H,5-7H2,1H3,(H2,20,21)(H,22,31)(H,29,30)(H,33,34)/t13?,17-/m1/s1. The molecule has 1 unspecified atom stereocenters. The number of amides is 2. The van der Waals surface area contributed by atoms with Crippen LogP contribution in [0.15, 0.2) is 39.8 Å². The van der Waals surface area contributed by atoms with Crippen molar-refractivity contribution in [2.45, 2.75) is 23.1 Å². The fourth-order valence-corrected chi connectivity index (χ4v) is 5.92. The van der Waals surface area contributed by atoms with Gasteiger partial charge in [-0.05, 0) is 28.1 Å². The zero-order valence-corrected chi connectivity index (χ0v) is 20.6. The third kappa shape index (κ3) is 5.33. The Hall–Kier alpha value is -4.19. The normalized spacial score (nSPS) is 19.2. The Balaban J connectivity index is 1.49. The van der Waals surface area contributed by atoms with Gasteiger partial charge in [0, 0.05) is 11.5 Å². The summed E-state index contributed by atoms with van der Waals surface area (Å²) in [7, 11) is 1.25. The number of hydrogen-bond donors (Lipinski definition) is 4. The fourth-order valence-electron chi connectivity index (χ4n) is 3.56. The van der Waals surface area contributed by atoms with E-state index in [1.54, 1.807) is 6.07 Å². The Kier molecular flexibility index (Phi) is 7.58. The van der Waals surface area contributed by atoms with Crippen LogP contribution in [0.2, 0.25) is 0 Å². The highest BCUT2D eigenvalue weighted by molar-refractivity contribution is 8.01. The number of rotatable bonds is 10. The number of aliphatic carboxylic acids is 2. The summed E-state index contributed by atoms with van der Waals surface area (Å²) in [5.74, 6) is -3.31. The van der Waals surface area contributed by atoms with E-state index >= 15 is 0 Å². The van der Waals surface area contributed by atoms with E-state index in [1.165, 1.54) is 31.0 Å². The predicted molar refractivity (Wildman–Crippen MR) is 128 cm³/mol. The van der Waals surface area contributed by atoms with E-state index in [0.29, 0.717) is 5.57 Å². The minimum absolute atomic E-state index is 0.105. The van der Waals surface area contributed by atoms with Crippen molar-refractivity contribution >= 4 is 58.8 Å². The molecule has 2 atom stereocenters. The monoisotopic (exact) mass is 549 g/mol. The molecule has 1 saturated heterocycles. The fraction of sp³-hybridized carbons (Fsp3) is 0.316. The number of carbonyl (C=O) groups excluding carboxylic acids is 2. The van der Waals surface area contributed by atoms with Gasteiger partial charge in [0.1, 0.15) is 42.3 Å². The highest BCUT2D eigenvalue weighted by atomic mass is 32.2. The van der Waals surface area contributed by atoms with E-state index in [9.17, 15) is 24.3 Å². The predicted octanol–water partition coefficient (Wildman–Crippen LogP) is -1.38. The number of fused-ring (bicyclic) bond motifs is 1. The summed E-state index contributed by atoms with van der Waals surface area (Å²) in [4.78, 5) is 58.8. The summed E-state index contributed by atoms with van der Waals surface area (Å²) in [5.41, 5.74) is 5.83. The van der Waals surface area contributed by atoms with E-state index in [2.05, 4.69) is 31.0 Å². The maximum Gasteiger partial charge on any atom is 0.352 e.